The molecule has 0 amide bonds. The zero-order valence-electron chi connectivity index (χ0n) is 10.2. The summed E-state index contributed by atoms with van der Waals surface area (Å²) >= 11 is 0. The zero-order valence-corrected chi connectivity index (χ0v) is 10.2. The molecule has 4 heteroatoms. The van der Waals surface area contributed by atoms with Crippen LogP contribution in [-0.4, -0.2) is 16.4 Å². The highest BCUT2D eigenvalue weighted by Gasteiger charge is 2.04. The normalized spacial score (nSPS) is 10.5. The van der Waals surface area contributed by atoms with Gasteiger partial charge in [-0.25, -0.2) is 4.68 Å². The van der Waals surface area contributed by atoms with Crippen LogP contribution in [0.25, 0.3) is 0 Å². The highest BCUT2D eigenvalue weighted by molar-refractivity contribution is 5.38. The minimum Gasteiger partial charge on any atom is -0.494 e. The predicted octanol–water partition coefficient (Wildman–Crippen LogP) is 2.22. The van der Waals surface area contributed by atoms with Gasteiger partial charge < -0.3 is 10.5 Å². The van der Waals surface area contributed by atoms with Gasteiger partial charge in [-0.05, 0) is 31.5 Å². The van der Waals surface area contributed by atoms with Crippen molar-refractivity contribution in [3.05, 3.63) is 41.6 Å². The van der Waals surface area contributed by atoms with Crippen molar-refractivity contribution in [1.82, 2.24) is 9.78 Å². The van der Waals surface area contributed by atoms with E-state index in [1.165, 1.54) is 0 Å². The summed E-state index contributed by atoms with van der Waals surface area (Å²) in [6.07, 6.45) is 1.78. The van der Waals surface area contributed by atoms with Crippen LogP contribution in [-0.2, 0) is 6.54 Å². The Balaban J connectivity index is 2.18. The van der Waals surface area contributed by atoms with Gasteiger partial charge in [0, 0.05) is 5.56 Å². The number of rotatable bonds is 4. The van der Waals surface area contributed by atoms with E-state index in [0.29, 0.717) is 19.0 Å². The number of aromatic nitrogens is 2. The van der Waals surface area contributed by atoms with Gasteiger partial charge in [-0.2, -0.15) is 5.10 Å². The van der Waals surface area contributed by atoms with Gasteiger partial charge in [-0.3, -0.25) is 0 Å². The van der Waals surface area contributed by atoms with Crippen molar-refractivity contribution in [3.8, 4) is 5.75 Å². The fourth-order valence-corrected chi connectivity index (χ4v) is 1.69. The Bertz CT molecular complexity index is 505. The third-order valence-electron chi connectivity index (χ3n) is 2.61. The van der Waals surface area contributed by atoms with Gasteiger partial charge in [0.2, 0.25) is 0 Å². The number of nitrogen functional groups attached to an aromatic ring is 1. The average Bonchev–Trinajstić information content (AvgIpc) is 2.62. The summed E-state index contributed by atoms with van der Waals surface area (Å²) in [5.74, 6) is 1.60. The molecule has 4 nitrogen and oxygen atoms in total. The molecule has 90 valence electrons. The largest absolute Gasteiger partial charge is 0.494 e. The van der Waals surface area contributed by atoms with Crippen LogP contribution in [0.1, 0.15) is 18.1 Å². The van der Waals surface area contributed by atoms with Gasteiger partial charge in [0.1, 0.15) is 11.6 Å². The molecule has 17 heavy (non-hydrogen) atoms. The van der Waals surface area contributed by atoms with Gasteiger partial charge in [-0.1, -0.05) is 12.1 Å². The third kappa shape index (κ3) is 2.58. The van der Waals surface area contributed by atoms with Gasteiger partial charge in [0.05, 0.1) is 19.3 Å². The number of hydrogen-bond donors (Lipinski definition) is 1. The fourth-order valence-electron chi connectivity index (χ4n) is 1.69. The van der Waals surface area contributed by atoms with E-state index < -0.39 is 0 Å². The fraction of sp³-hybridized carbons (Fsp3) is 0.308. The maximum absolute atomic E-state index is 5.92. The number of benzene rings is 1. The Morgan fingerprint density at radius 1 is 1.41 bits per heavy atom. The molecule has 0 unspecified atom stereocenters. The summed E-state index contributed by atoms with van der Waals surface area (Å²) < 4.78 is 7.25. The number of nitrogens with two attached hydrogens (primary N) is 1. The van der Waals surface area contributed by atoms with E-state index in [1.807, 2.05) is 38.1 Å². The molecule has 0 atom stereocenters. The lowest BCUT2D eigenvalue weighted by atomic mass is 10.2. The number of anilines is 1. The molecule has 0 spiro atoms. The second kappa shape index (κ2) is 4.91. The molecule has 2 N–H and O–H groups in total. The van der Waals surface area contributed by atoms with Crippen LogP contribution in [0.2, 0.25) is 0 Å². The summed E-state index contributed by atoms with van der Waals surface area (Å²) in [4.78, 5) is 0. The maximum atomic E-state index is 5.92. The summed E-state index contributed by atoms with van der Waals surface area (Å²) in [5, 5.41) is 4.24. The van der Waals surface area contributed by atoms with Crippen LogP contribution < -0.4 is 10.5 Å². The molecule has 0 bridgehead atoms. The number of ether oxygens (including phenoxy) is 1. The van der Waals surface area contributed by atoms with Crippen LogP contribution in [0.4, 0.5) is 5.82 Å². The quantitative estimate of drug-likeness (QED) is 0.877. The molecule has 0 aliphatic heterocycles. The smallest absolute Gasteiger partial charge is 0.124 e. The highest BCUT2D eigenvalue weighted by Crippen LogP contribution is 2.16. The van der Waals surface area contributed by atoms with Crippen molar-refractivity contribution in [2.75, 3.05) is 12.3 Å². The van der Waals surface area contributed by atoms with Gasteiger partial charge >= 0.3 is 0 Å². The molecule has 0 fully saturated rings. The Labute approximate surface area is 101 Å². The minimum atomic E-state index is 0.667. The summed E-state index contributed by atoms with van der Waals surface area (Å²) in [6, 6.07) is 7.98. The summed E-state index contributed by atoms with van der Waals surface area (Å²) in [6.45, 7) is 5.27. The molecule has 0 radical (unpaired) electrons. The molecule has 1 aromatic carbocycles. The van der Waals surface area contributed by atoms with E-state index in [-0.39, 0.29) is 0 Å². The van der Waals surface area contributed by atoms with Crippen molar-refractivity contribution in [2.24, 2.45) is 0 Å². The van der Waals surface area contributed by atoms with E-state index in [9.17, 15) is 0 Å². The van der Waals surface area contributed by atoms with Gasteiger partial charge in [-0.15, -0.1) is 0 Å². The lowest BCUT2D eigenvalue weighted by molar-refractivity contribution is 0.340. The second-order valence-electron chi connectivity index (χ2n) is 3.95. The van der Waals surface area contributed by atoms with Crippen LogP contribution in [0.3, 0.4) is 0 Å². The molecule has 1 heterocycles. The van der Waals surface area contributed by atoms with Crippen LogP contribution in [0.5, 0.6) is 5.75 Å². The average molecular weight is 231 g/mol. The van der Waals surface area contributed by atoms with Crippen molar-refractivity contribution >= 4 is 5.82 Å². The van der Waals surface area contributed by atoms with E-state index >= 15 is 0 Å². The Morgan fingerprint density at radius 3 is 2.88 bits per heavy atom. The molecule has 2 rings (SSSR count). The standard InChI is InChI=1S/C13H17N3O/c1-3-17-12-6-4-5-11(7-12)9-16-13(14)10(2)8-15-16/h4-8H,3,9,14H2,1-2H3. The van der Waals surface area contributed by atoms with Crippen LogP contribution >= 0.6 is 0 Å². The summed E-state index contributed by atoms with van der Waals surface area (Å²) in [5.41, 5.74) is 8.05. The van der Waals surface area contributed by atoms with Crippen molar-refractivity contribution < 1.29 is 4.74 Å². The molecule has 1 aromatic heterocycles. The predicted molar refractivity (Wildman–Crippen MR) is 68.1 cm³/mol. The minimum absolute atomic E-state index is 0.667. The lowest BCUT2D eigenvalue weighted by Gasteiger charge is -2.07. The Morgan fingerprint density at radius 2 is 2.24 bits per heavy atom. The van der Waals surface area contributed by atoms with Crippen molar-refractivity contribution in [2.45, 2.75) is 20.4 Å². The SMILES string of the molecule is CCOc1cccc(Cn2ncc(C)c2N)c1. The molecule has 0 aliphatic carbocycles. The monoisotopic (exact) mass is 231 g/mol. The molecule has 0 saturated carbocycles. The first kappa shape index (κ1) is 11.5. The molecule has 0 aliphatic rings. The first-order valence-corrected chi connectivity index (χ1v) is 5.70. The first-order chi connectivity index (χ1) is 8.20. The van der Waals surface area contributed by atoms with Crippen molar-refractivity contribution in [3.63, 3.8) is 0 Å². The third-order valence-corrected chi connectivity index (χ3v) is 2.61. The second-order valence-corrected chi connectivity index (χ2v) is 3.95. The van der Waals surface area contributed by atoms with E-state index in [4.69, 9.17) is 10.5 Å². The maximum Gasteiger partial charge on any atom is 0.124 e. The zero-order chi connectivity index (χ0) is 12.3. The lowest BCUT2D eigenvalue weighted by Crippen LogP contribution is -2.06. The topological polar surface area (TPSA) is 53.1 Å². The molecule has 2 aromatic rings. The number of hydrogen-bond acceptors (Lipinski definition) is 3. The molecular formula is C13H17N3O. The van der Waals surface area contributed by atoms with Crippen molar-refractivity contribution in [1.29, 1.82) is 0 Å². The Hall–Kier alpha value is -1.97. The van der Waals surface area contributed by atoms with Crippen LogP contribution in [0, 0.1) is 6.92 Å². The van der Waals surface area contributed by atoms with E-state index in [1.54, 1.807) is 10.9 Å². The van der Waals surface area contributed by atoms with E-state index in [0.717, 1.165) is 16.9 Å². The highest BCUT2D eigenvalue weighted by atomic mass is 16.5. The molecular weight excluding hydrogens is 214 g/mol. The molecule has 0 saturated heterocycles. The number of nitrogens with zero attached hydrogens (tertiary/aromatic N) is 2. The van der Waals surface area contributed by atoms with Gasteiger partial charge in [0.15, 0.2) is 0 Å². The van der Waals surface area contributed by atoms with E-state index in [2.05, 4.69) is 5.10 Å². The Kier molecular flexibility index (Phi) is 3.32. The number of aryl methyl sites for hydroxylation is 1. The van der Waals surface area contributed by atoms with Gasteiger partial charge in [0.25, 0.3) is 0 Å². The van der Waals surface area contributed by atoms with Crippen LogP contribution in [0.15, 0.2) is 30.5 Å². The first-order valence-electron chi connectivity index (χ1n) is 5.70. The summed E-state index contributed by atoms with van der Waals surface area (Å²) in [7, 11) is 0.